The third kappa shape index (κ3) is 1.75. The Labute approximate surface area is 92.5 Å². The molecular formula is C14H20O. The third-order valence-electron chi connectivity index (χ3n) is 3.73. The third-order valence-corrected chi connectivity index (χ3v) is 3.73. The highest BCUT2D eigenvalue weighted by Crippen LogP contribution is 2.44. The normalized spacial score (nSPS) is 30.1. The summed E-state index contributed by atoms with van der Waals surface area (Å²) in [6.45, 7) is 9.93. The van der Waals surface area contributed by atoms with E-state index >= 15 is 0 Å². The second kappa shape index (κ2) is 3.26. The van der Waals surface area contributed by atoms with Gasteiger partial charge in [0.15, 0.2) is 0 Å². The molecule has 1 aliphatic heterocycles. The first-order valence-electron chi connectivity index (χ1n) is 5.67. The van der Waals surface area contributed by atoms with Crippen LogP contribution in [0.3, 0.4) is 0 Å². The van der Waals surface area contributed by atoms with Gasteiger partial charge in [-0.1, -0.05) is 45.9 Å². The van der Waals surface area contributed by atoms with Crippen molar-refractivity contribution in [3.8, 4) is 0 Å². The van der Waals surface area contributed by atoms with Crippen molar-refractivity contribution in [3.05, 3.63) is 35.6 Å². The SMILES string of the molecule is CC(C)(C)C1(C)C=CC=C2CCOC2=C1. The lowest BCUT2D eigenvalue weighted by Crippen LogP contribution is -2.29. The van der Waals surface area contributed by atoms with E-state index in [4.69, 9.17) is 4.74 Å². The van der Waals surface area contributed by atoms with Crippen LogP contribution in [0.15, 0.2) is 35.6 Å². The molecule has 0 N–H and O–H groups in total. The van der Waals surface area contributed by atoms with Crippen molar-refractivity contribution in [2.75, 3.05) is 6.61 Å². The maximum Gasteiger partial charge on any atom is 0.119 e. The van der Waals surface area contributed by atoms with E-state index in [2.05, 4.69) is 52.0 Å². The van der Waals surface area contributed by atoms with Gasteiger partial charge in [-0.25, -0.2) is 0 Å². The van der Waals surface area contributed by atoms with Crippen LogP contribution >= 0.6 is 0 Å². The monoisotopic (exact) mass is 204 g/mol. The summed E-state index contributed by atoms with van der Waals surface area (Å²) >= 11 is 0. The first-order chi connectivity index (χ1) is 6.92. The average molecular weight is 204 g/mol. The molecule has 1 heteroatoms. The van der Waals surface area contributed by atoms with Crippen molar-refractivity contribution < 1.29 is 4.74 Å². The minimum atomic E-state index is 0.0743. The lowest BCUT2D eigenvalue weighted by molar-refractivity contribution is 0.209. The van der Waals surface area contributed by atoms with E-state index < -0.39 is 0 Å². The molecule has 1 nitrogen and oxygen atoms in total. The largest absolute Gasteiger partial charge is 0.493 e. The van der Waals surface area contributed by atoms with Gasteiger partial charge in [0.2, 0.25) is 0 Å². The van der Waals surface area contributed by atoms with Gasteiger partial charge in [-0.05, 0) is 17.1 Å². The van der Waals surface area contributed by atoms with Crippen molar-refractivity contribution in [1.29, 1.82) is 0 Å². The fourth-order valence-corrected chi connectivity index (χ4v) is 1.94. The summed E-state index contributed by atoms with van der Waals surface area (Å²) in [4.78, 5) is 0. The van der Waals surface area contributed by atoms with Crippen molar-refractivity contribution in [1.82, 2.24) is 0 Å². The minimum absolute atomic E-state index is 0.0743. The molecule has 1 unspecified atom stereocenters. The zero-order chi connectivity index (χ0) is 11.1. The van der Waals surface area contributed by atoms with E-state index in [1.807, 2.05) is 0 Å². The van der Waals surface area contributed by atoms with Crippen LogP contribution in [0.1, 0.15) is 34.1 Å². The first-order valence-corrected chi connectivity index (χ1v) is 5.67. The quantitative estimate of drug-likeness (QED) is 0.582. The van der Waals surface area contributed by atoms with Gasteiger partial charge in [0.1, 0.15) is 5.76 Å². The van der Waals surface area contributed by atoms with Crippen molar-refractivity contribution in [2.24, 2.45) is 10.8 Å². The summed E-state index contributed by atoms with van der Waals surface area (Å²) in [5.74, 6) is 1.09. The standard InChI is InChI=1S/C14H20O/c1-13(2,3)14(4)8-5-6-11-7-9-15-12(11)10-14/h5-6,8,10H,7,9H2,1-4H3. The maximum absolute atomic E-state index is 5.68. The Hall–Kier alpha value is -0.980. The fraction of sp³-hybridized carbons (Fsp3) is 0.571. The topological polar surface area (TPSA) is 9.23 Å². The number of ether oxygens (including phenoxy) is 1. The molecule has 15 heavy (non-hydrogen) atoms. The summed E-state index contributed by atoms with van der Waals surface area (Å²) in [6.07, 6.45) is 10.00. The Morgan fingerprint density at radius 3 is 2.73 bits per heavy atom. The van der Waals surface area contributed by atoms with Crippen LogP contribution in [0.2, 0.25) is 0 Å². The molecule has 0 spiro atoms. The Morgan fingerprint density at radius 2 is 2.07 bits per heavy atom. The van der Waals surface area contributed by atoms with Gasteiger partial charge >= 0.3 is 0 Å². The number of allylic oxidation sites excluding steroid dienone is 5. The molecule has 1 atom stereocenters. The van der Waals surface area contributed by atoms with Crippen LogP contribution in [0.5, 0.6) is 0 Å². The van der Waals surface area contributed by atoms with Gasteiger partial charge in [-0.3, -0.25) is 0 Å². The van der Waals surface area contributed by atoms with Gasteiger partial charge in [0.05, 0.1) is 6.61 Å². The summed E-state index contributed by atoms with van der Waals surface area (Å²) in [5.41, 5.74) is 1.63. The van der Waals surface area contributed by atoms with E-state index in [1.165, 1.54) is 5.57 Å². The Bertz CT molecular complexity index is 352. The predicted molar refractivity (Wildman–Crippen MR) is 63.4 cm³/mol. The summed E-state index contributed by atoms with van der Waals surface area (Å²) < 4.78 is 5.68. The van der Waals surface area contributed by atoms with Crippen LogP contribution < -0.4 is 0 Å². The van der Waals surface area contributed by atoms with Crippen LogP contribution in [-0.2, 0) is 4.74 Å². The molecule has 0 aromatic carbocycles. The van der Waals surface area contributed by atoms with Gasteiger partial charge in [0, 0.05) is 11.8 Å². The summed E-state index contributed by atoms with van der Waals surface area (Å²) in [6, 6.07) is 0. The maximum atomic E-state index is 5.68. The molecule has 2 aliphatic rings. The Balaban J connectivity index is 2.43. The lowest BCUT2D eigenvalue weighted by Gasteiger charge is -2.37. The molecule has 82 valence electrons. The van der Waals surface area contributed by atoms with E-state index in [9.17, 15) is 0 Å². The number of hydrogen-bond acceptors (Lipinski definition) is 1. The number of hydrogen-bond donors (Lipinski definition) is 0. The van der Waals surface area contributed by atoms with Crippen molar-refractivity contribution >= 4 is 0 Å². The number of rotatable bonds is 0. The molecule has 1 heterocycles. The van der Waals surface area contributed by atoms with E-state index in [0.717, 1.165) is 18.8 Å². The molecule has 0 saturated carbocycles. The number of fused-ring (bicyclic) bond motifs is 1. The van der Waals surface area contributed by atoms with Gasteiger partial charge in [-0.15, -0.1) is 0 Å². The second-order valence-corrected chi connectivity index (χ2v) is 5.69. The van der Waals surface area contributed by atoms with Crippen molar-refractivity contribution in [3.63, 3.8) is 0 Å². The minimum Gasteiger partial charge on any atom is -0.493 e. The molecule has 2 rings (SSSR count). The zero-order valence-corrected chi connectivity index (χ0v) is 10.1. The van der Waals surface area contributed by atoms with Gasteiger partial charge < -0.3 is 4.74 Å². The van der Waals surface area contributed by atoms with Gasteiger partial charge in [0.25, 0.3) is 0 Å². The summed E-state index contributed by atoms with van der Waals surface area (Å²) in [5, 5.41) is 0. The van der Waals surface area contributed by atoms with E-state index in [0.29, 0.717) is 0 Å². The lowest BCUT2D eigenvalue weighted by atomic mass is 9.67. The molecule has 1 aliphatic carbocycles. The van der Waals surface area contributed by atoms with Crippen LogP contribution in [0.4, 0.5) is 0 Å². The molecule has 0 bridgehead atoms. The molecule has 0 radical (unpaired) electrons. The molecular weight excluding hydrogens is 184 g/mol. The highest BCUT2D eigenvalue weighted by atomic mass is 16.5. The van der Waals surface area contributed by atoms with Crippen LogP contribution in [0, 0.1) is 10.8 Å². The molecule has 1 fully saturated rings. The van der Waals surface area contributed by atoms with Crippen LogP contribution in [-0.4, -0.2) is 6.61 Å². The predicted octanol–water partition coefficient (Wildman–Crippen LogP) is 3.84. The average Bonchev–Trinajstić information content (AvgIpc) is 2.45. The summed E-state index contributed by atoms with van der Waals surface area (Å²) in [7, 11) is 0. The fourth-order valence-electron chi connectivity index (χ4n) is 1.94. The van der Waals surface area contributed by atoms with E-state index in [-0.39, 0.29) is 10.8 Å². The highest BCUT2D eigenvalue weighted by molar-refractivity contribution is 5.39. The smallest absolute Gasteiger partial charge is 0.119 e. The Kier molecular flexibility index (Phi) is 2.29. The molecule has 0 amide bonds. The second-order valence-electron chi connectivity index (χ2n) is 5.69. The van der Waals surface area contributed by atoms with Crippen molar-refractivity contribution in [2.45, 2.75) is 34.1 Å². The highest BCUT2D eigenvalue weighted by Gasteiger charge is 2.35. The molecule has 0 aromatic rings. The molecule has 0 aromatic heterocycles. The van der Waals surface area contributed by atoms with Gasteiger partial charge in [-0.2, -0.15) is 0 Å². The van der Waals surface area contributed by atoms with E-state index in [1.54, 1.807) is 0 Å². The Morgan fingerprint density at radius 1 is 1.33 bits per heavy atom. The van der Waals surface area contributed by atoms with Crippen LogP contribution in [0.25, 0.3) is 0 Å². The molecule has 1 saturated heterocycles. The zero-order valence-electron chi connectivity index (χ0n) is 10.1. The first kappa shape index (κ1) is 10.5.